The number of hydrogen-bond acceptors (Lipinski definition) is 2. The maximum absolute atomic E-state index is 2.42. The van der Waals surface area contributed by atoms with Gasteiger partial charge in [0.2, 0.25) is 0 Å². The van der Waals surface area contributed by atoms with E-state index in [2.05, 4.69) is 180 Å². The number of para-hydroxylation sites is 2. The van der Waals surface area contributed by atoms with E-state index in [0.29, 0.717) is 0 Å². The third kappa shape index (κ3) is 4.50. The quantitative estimate of drug-likeness (QED) is 0.187. The number of benzene rings is 6. The third-order valence-electron chi connectivity index (χ3n) is 9.90. The van der Waals surface area contributed by atoms with Crippen LogP contribution in [-0.4, -0.2) is 4.57 Å². The van der Waals surface area contributed by atoms with Crippen LogP contribution in [0.15, 0.2) is 152 Å². The Morgan fingerprint density at radius 2 is 0.872 bits per heavy atom. The lowest BCUT2D eigenvalue weighted by Gasteiger charge is -2.30. The average Bonchev–Trinajstić information content (AvgIpc) is 3.76. The molecule has 0 amide bonds. The predicted molar refractivity (Wildman–Crippen MR) is 196 cm³/mol. The van der Waals surface area contributed by atoms with Crippen LogP contribution in [0, 0.1) is 6.92 Å². The SMILES string of the molecule is Cc1cc(N(c2ccccc2)c2ccc3c(c2)Cc2ccccc2-3)n(C)c1N(c1ccccc1)c1ccc2c(c1)Cc1ccccc1-2. The Morgan fingerprint density at radius 3 is 1.43 bits per heavy atom. The third-order valence-corrected chi connectivity index (χ3v) is 9.90. The lowest BCUT2D eigenvalue weighted by Crippen LogP contribution is -2.18. The van der Waals surface area contributed by atoms with Crippen molar-refractivity contribution in [2.45, 2.75) is 19.8 Å². The molecule has 0 N–H and O–H groups in total. The molecule has 0 atom stereocenters. The van der Waals surface area contributed by atoms with E-state index in [1.165, 1.54) is 55.8 Å². The van der Waals surface area contributed by atoms with Gasteiger partial charge in [-0.25, -0.2) is 0 Å². The van der Waals surface area contributed by atoms with Gasteiger partial charge in [0.05, 0.1) is 0 Å². The molecule has 3 heteroatoms. The molecule has 3 nitrogen and oxygen atoms in total. The zero-order valence-electron chi connectivity index (χ0n) is 26.7. The van der Waals surface area contributed by atoms with Gasteiger partial charge in [0.1, 0.15) is 11.6 Å². The van der Waals surface area contributed by atoms with Gasteiger partial charge in [0.15, 0.2) is 0 Å². The second kappa shape index (κ2) is 10.9. The van der Waals surface area contributed by atoms with Gasteiger partial charge >= 0.3 is 0 Å². The standard InChI is InChI=1S/C44H35N3/c1-30-25-43(46(35-15-5-3-6-16-35)37-21-23-41-33(28-37)26-31-13-9-11-19-39(31)41)45(2)44(30)47(36-17-7-4-8-18-36)38-22-24-42-34(29-38)27-32-14-10-12-20-40(32)42/h3-25,28-29H,26-27H2,1-2H3. The topological polar surface area (TPSA) is 11.4 Å². The highest BCUT2D eigenvalue weighted by atomic mass is 15.3. The summed E-state index contributed by atoms with van der Waals surface area (Å²) in [6.07, 6.45) is 1.92. The van der Waals surface area contributed by atoms with Crippen LogP contribution >= 0.6 is 0 Å². The van der Waals surface area contributed by atoms with Gasteiger partial charge in [0, 0.05) is 29.8 Å². The summed E-state index contributed by atoms with van der Waals surface area (Å²) in [5.74, 6) is 2.27. The Hall–Kier alpha value is -5.80. The van der Waals surface area contributed by atoms with Gasteiger partial charge in [-0.3, -0.25) is 9.80 Å². The van der Waals surface area contributed by atoms with Crippen LogP contribution in [0.2, 0.25) is 0 Å². The second-order valence-corrected chi connectivity index (χ2v) is 12.8. The van der Waals surface area contributed by atoms with Crippen molar-refractivity contribution in [3.63, 3.8) is 0 Å². The first-order valence-electron chi connectivity index (χ1n) is 16.4. The minimum Gasteiger partial charge on any atom is -0.316 e. The van der Waals surface area contributed by atoms with Crippen LogP contribution < -0.4 is 9.80 Å². The van der Waals surface area contributed by atoms with Crippen molar-refractivity contribution >= 4 is 34.4 Å². The van der Waals surface area contributed by atoms with E-state index in [4.69, 9.17) is 0 Å². The lowest BCUT2D eigenvalue weighted by molar-refractivity contribution is 0.897. The maximum atomic E-state index is 2.42. The molecule has 6 aromatic carbocycles. The number of hydrogen-bond donors (Lipinski definition) is 0. The fourth-order valence-corrected chi connectivity index (χ4v) is 7.77. The second-order valence-electron chi connectivity index (χ2n) is 12.8. The molecule has 0 unspecified atom stereocenters. The minimum absolute atomic E-state index is 0.962. The van der Waals surface area contributed by atoms with E-state index >= 15 is 0 Å². The number of anilines is 6. The fraction of sp³-hybridized carbons (Fsp3) is 0.0909. The maximum Gasteiger partial charge on any atom is 0.122 e. The number of aryl methyl sites for hydroxylation is 1. The highest BCUT2D eigenvalue weighted by Gasteiger charge is 2.27. The molecule has 0 fully saturated rings. The molecular formula is C44H35N3. The highest BCUT2D eigenvalue weighted by Crippen LogP contribution is 2.47. The lowest BCUT2D eigenvalue weighted by atomic mass is 10.0. The molecule has 0 saturated carbocycles. The van der Waals surface area contributed by atoms with Crippen molar-refractivity contribution in [2.75, 3.05) is 9.80 Å². The van der Waals surface area contributed by atoms with Gasteiger partial charge in [0.25, 0.3) is 0 Å². The first kappa shape index (κ1) is 27.5. The van der Waals surface area contributed by atoms with Crippen molar-refractivity contribution in [2.24, 2.45) is 7.05 Å². The Bertz CT molecular complexity index is 2280. The largest absolute Gasteiger partial charge is 0.316 e. The highest BCUT2D eigenvalue weighted by molar-refractivity contribution is 5.87. The molecule has 0 spiro atoms. The monoisotopic (exact) mass is 605 g/mol. The molecule has 47 heavy (non-hydrogen) atoms. The van der Waals surface area contributed by atoms with E-state index in [1.54, 1.807) is 0 Å². The first-order chi connectivity index (χ1) is 23.1. The molecular weight excluding hydrogens is 571 g/mol. The Kier molecular flexibility index (Phi) is 6.39. The zero-order valence-corrected chi connectivity index (χ0v) is 26.7. The van der Waals surface area contributed by atoms with Crippen LogP contribution in [0.25, 0.3) is 22.3 Å². The van der Waals surface area contributed by atoms with Gasteiger partial charge in [-0.05, 0) is 124 Å². The molecule has 0 radical (unpaired) electrons. The normalized spacial score (nSPS) is 12.3. The van der Waals surface area contributed by atoms with Crippen molar-refractivity contribution in [1.29, 1.82) is 0 Å². The van der Waals surface area contributed by atoms with Gasteiger partial charge in [-0.1, -0.05) is 97.1 Å². The minimum atomic E-state index is 0.962. The van der Waals surface area contributed by atoms with Gasteiger partial charge < -0.3 is 4.57 Å². The molecule has 0 saturated heterocycles. The molecule has 1 heterocycles. The molecule has 2 aliphatic rings. The van der Waals surface area contributed by atoms with Crippen LogP contribution in [0.1, 0.15) is 27.8 Å². The molecule has 0 bridgehead atoms. The van der Waals surface area contributed by atoms with Crippen LogP contribution in [0.3, 0.4) is 0 Å². The number of rotatable bonds is 6. The summed E-state index contributed by atoms with van der Waals surface area (Å²) >= 11 is 0. The molecule has 226 valence electrons. The summed E-state index contributed by atoms with van der Waals surface area (Å²) in [7, 11) is 2.20. The van der Waals surface area contributed by atoms with E-state index in [9.17, 15) is 0 Å². The van der Waals surface area contributed by atoms with Gasteiger partial charge in [-0.2, -0.15) is 0 Å². The summed E-state index contributed by atoms with van der Waals surface area (Å²) in [4.78, 5) is 4.83. The number of aromatic nitrogens is 1. The summed E-state index contributed by atoms with van der Waals surface area (Å²) < 4.78 is 2.36. The number of nitrogens with zero attached hydrogens (tertiary/aromatic N) is 3. The zero-order chi connectivity index (χ0) is 31.5. The summed E-state index contributed by atoms with van der Waals surface area (Å²) in [6, 6.07) is 55.4. The van der Waals surface area contributed by atoms with Crippen LogP contribution in [0.5, 0.6) is 0 Å². The summed E-state index contributed by atoms with van der Waals surface area (Å²) in [5.41, 5.74) is 16.8. The van der Waals surface area contributed by atoms with Gasteiger partial charge in [-0.15, -0.1) is 0 Å². The molecule has 1 aromatic heterocycles. The van der Waals surface area contributed by atoms with Crippen LogP contribution in [-0.2, 0) is 19.9 Å². The molecule has 0 aliphatic heterocycles. The van der Waals surface area contributed by atoms with Crippen molar-refractivity contribution in [3.8, 4) is 22.3 Å². The summed E-state index contributed by atoms with van der Waals surface area (Å²) in [5, 5.41) is 0. The smallest absolute Gasteiger partial charge is 0.122 e. The average molecular weight is 606 g/mol. The Balaban J connectivity index is 1.19. The molecule has 2 aliphatic carbocycles. The van der Waals surface area contributed by atoms with Crippen molar-refractivity contribution < 1.29 is 0 Å². The van der Waals surface area contributed by atoms with E-state index < -0.39 is 0 Å². The predicted octanol–water partition coefficient (Wildman–Crippen LogP) is 11.4. The van der Waals surface area contributed by atoms with Crippen molar-refractivity contribution in [1.82, 2.24) is 4.57 Å². The Morgan fingerprint density at radius 1 is 0.426 bits per heavy atom. The number of fused-ring (bicyclic) bond motifs is 6. The Labute approximate surface area is 276 Å². The first-order valence-corrected chi connectivity index (χ1v) is 16.4. The summed E-state index contributed by atoms with van der Waals surface area (Å²) in [6.45, 7) is 2.24. The van der Waals surface area contributed by atoms with Crippen LogP contribution in [0.4, 0.5) is 34.4 Å². The molecule has 9 rings (SSSR count). The van der Waals surface area contributed by atoms with E-state index in [-0.39, 0.29) is 0 Å². The molecule has 7 aromatic rings. The van der Waals surface area contributed by atoms with Crippen molar-refractivity contribution in [3.05, 3.63) is 179 Å². The fourth-order valence-electron chi connectivity index (χ4n) is 7.77. The van der Waals surface area contributed by atoms with E-state index in [1.807, 2.05) is 0 Å². The van der Waals surface area contributed by atoms with E-state index in [0.717, 1.165) is 41.5 Å².